The van der Waals surface area contributed by atoms with Crippen molar-refractivity contribution in [1.82, 2.24) is 5.43 Å². The van der Waals surface area contributed by atoms with E-state index < -0.39 is 22.5 Å². The summed E-state index contributed by atoms with van der Waals surface area (Å²) in [6.45, 7) is -0.405. The van der Waals surface area contributed by atoms with E-state index >= 15 is 0 Å². The number of sulfonamides is 1. The molecule has 0 radical (unpaired) electrons. The molecule has 0 spiro atoms. The number of rotatable bonds is 8. The summed E-state index contributed by atoms with van der Waals surface area (Å²) in [6, 6.07) is 12.8. The van der Waals surface area contributed by atoms with E-state index in [4.69, 9.17) is 9.47 Å². The van der Waals surface area contributed by atoms with Crippen molar-refractivity contribution in [2.75, 3.05) is 25.1 Å². The minimum Gasteiger partial charge on any atom is -0.493 e. The quantitative estimate of drug-likeness (QED) is 0.648. The van der Waals surface area contributed by atoms with Crippen LogP contribution >= 0.6 is 0 Å². The van der Waals surface area contributed by atoms with Crippen LogP contribution in [0.3, 0.4) is 0 Å². The van der Waals surface area contributed by atoms with Gasteiger partial charge >= 0.3 is 0 Å². The van der Waals surface area contributed by atoms with Crippen molar-refractivity contribution in [2.24, 2.45) is 5.10 Å². The summed E-state index contributed by atoms with van der Waals surface area (Å²) in [6.07, 6.45) is 3.82. The van der Waals surface area contributed by atoms with Crippen LogP contribution in [0.5, 0.6) is 11.5 Å². The van der Waals surface area contributed by atoms with Gasteiger partial charge in [-0.1, -0.05) is 18.2 Å². The lowest BCUT2D eigenvalue weighted by Gasteiger charge is -2.24. The topological polar surface area (TPSA) is 97.3 Å². The Morgan fingerprint density at radius 3 is 2.33 bits per heavy atom. The third-order valence-electron chi connectivity index (χ3n) is 4.79. The van der Waals surface area contributed by atoms with Crippen molar-refractivity contribution in [2.45, 2.75) is 30.6 Å². The molecule has 0 aromatic heterocycles. The second-order valence-corrected chi connectivity index (χ2v) is 8.65. The van der Waals surface area contributed by atoms with Gasteiger partial charge in [-0.3, -0.25) is 9.10 Å². The van der Waals surface area contributed by atoms with Crippen LogP contribution in [0.4, 0.5) is 5.69 Å². The first kappa shape index (κ1) is 21.6. The van der Waals surface area contributed by atoms with Crippen LogP contribution in [0, 0.1) is 0 Å². The standard InChI is InChI=1S/C21H25N3O5S/c1-28-19-13-12-18(14-20(19)29-2)30(26,27)24(17-10-4-3-5-11-17)15-21(25)23-22-16-8-6-7-9-16/h3-5,10-14H,6-9,15H2,1-2H3,(H,23,25). The molecule has 1 saturated carbocycles. The molecule has 0 saturated heterocycles. The van der Waals surface area contributed by atoms with E-state index in [-0.39, 0.29) is 10.6 Å². The lowest BCUT2D eigenvalue weighted by Crippen LogP contribution is -2.39. The number of nitrogens with zero attached hydrogens (tertiary/aromatic N) is 2. The van der Waals surface area contributed by atoms with Crippen LogP contribution in [-0.2, 0) is 14.8 Å². The molecule has 0 heterocycles. The molecule has 0 atom stereocenters. The van der Waals surface area contributed by atoms with Gasteiger partial charge in [-0.25, -0.2) is 13.8 Å². The van der Waals surface area contributed by atoms with Gasteiger partial charge in [-0.05, 0) is 49.9 Å². The van der Waals surface area contributed by atoms with Gasteiger partial charge in [0.2, 0.25) is 0 Å². The van der Waals surface area contributed by atoms with Crippen LogP contribution in [0.15, 0.2) is 58.5 Å². The molecule has 1 fully saturated rings. The van der Waals surface area contributed by atoms with Gasteiger partial charge in [0.05, 0.1) is 24.8 Å². The van der Waals surface area contributed by atoms with Crippen molar-refractivity contribution in [3.63, 3.8) is 0 Å². The van der Waals surface area contributed by atoms with Gasteiger partial charge in [0, 0.05) is 11.8 Å². The Morgan fingerprint density at radius 2 is 1.70 bits per heavy atom. The van der Waals surface area contributed by atoms with Crippen LogP contribution in [0.25, 0.3) is 0 Å². The molecule has 1 aliphatic rings. The Balaban J connectivity index is 1.91. The SMILES string of the molecule is COc1ccc(S(=O)(=O)N(CC(=O)NN=C2CCCC2)c2ccccc2)cc1OC. The Labute approximate surface area is 176 Å². The molecule has 8 nitrogen and oxygen atoms in total. The van der Waals surface area contributed by atoms with Crippen LogP contribution < -0.4 is 19.2 Å². The van der Waals surface area contributed by atoms with E-state index in [1.165, 1.54) is 32.4 Å². The number of anilines is 1. The third kappa shape index (κ3) is 4.91. The number of para-hydroxylation sites is 1. The molecule has 2 aromatic carbocycles. The number of hydrazone groups is 1. The highest BCUT2D eigenvalue weighted by molar-refractivity contribution is 7.92. The second-order valence-electron chi connectivity index (χ2n) is 6.78. The molecule has 2 aromatic rings. The highest BCUT2D eigenvalue weighted by Crippen LogP contribution is 2.32. The first-order chi connectivity index (χ1) is 14.5. The fraction of sp³-hybridized carbons (Fsp3) is 0.333. The number of hydrogen-bond acceptors (Lipinski definition) is 6. The van der Waals surface area contributed by atoms with Gasteiger partial charge in [-0.2, -0.15) is 5.10 Å². The van der Waals surface area contributed by atoms with Crippen LogP contribution in [-0.4, -0.2) is 40.8 Å². The molecule has 0 unspecified atom stereocenters. The van der Waals surface area contributed by atoms with E-state index in [1.807, 2.05) is 0 Å². The first-order valence-corrected chi connectivity index (χ1v) is 11.0. The van der Waals surface area contributed by atoms with Gasteiger partial charge in [0.25, 0.3) is 15.9 Å². The molecular formula is C21H25N3O5S. The zero-order chi connectivity index (χ0) is 21.6. The number of amides is 1. The number of methoxy groups -OCH3 is 2. The molecule has 0 bridgehead atoms. The summed E-state index contributed by atoms with van der Waals surface area (Å²) in [7, 11) is -1.16. The lowest BCUT2D eigenvalue weighted by molar-refractivity contribution is -0.119. The fourth-order valence-electron chi connectivity index (χ4n) is 3.22. The highest BCUT2D eigenvalue weighted by atomic mass is 32.2. The molecule has 160 valence electrons. The zero-order valence-corrected chi connectivity index (χ0v) is 17.8. The highest BCUT2D eigenvalue weighted by Gasteiger charge is 2.28. The van der Waals surface area contributed by atoms with Crippen LogP contribution in [0.1, 0.15) is 25.7 Å². The monoisotopic (exact) mass is 431 g/mol. The maximum atomic E-state index is 13.4. The normalized spacial score (nSPS) is 13.6. The fourth-order valence-corrected chi connectivity index (χ4v) is 4.65. The Hall–Kier alpha value is -3.07. The molecule has 1 N–H and O–H groups in total. The number of ether oxygens (including phenoxy) is 2. The molecule has 1 aliphatic carbocycles. The Bertz CT molecular complexity index is 1010. The first-order valence-electron chi connectivity index (χ1n) is 9.60. The van der Waals surface area contributed by atoms with Crippen molar-refractivity contribution in [1.29, 1.82) is 0 Å². The predicted octanol–water partition coefficient (Wildman–Crippen LogP) is 2.95. The molecule has 1 amide bonds. The summed E-state index contributed by atoms with van der Waals surface area (Å²) in [5.74, 6) is 0.179. The van der Waals surface area contributed by atoms with Gasteiger partial charge in [-0.15, -0.1) is 0 Å². The van der Waals surface area contributed by atoms with E-state index in [0.29, 0.717) is 11.4 Å². The number of carbonyl (C=O) groups is 1. The average Bonchev–Trinajstić information content (AvgIpc) is 3.29. The van der Waals surface area contributed by atoms with Crippen LogP contribution in [0.2, 0.25) is 0 Å². The number of benzene rings is 2. The van der Waals surface area contributed by atoms with Crippen molar-refractivity contribution < 1.29 is 22.7 Å². The molecule has 3 rings (SSSR count). The van der Waals surface area contributed by atoms with E-state index in [0.717, 1.165) is 35.7 Å². The van der Waals surface area contributed by atoms with E-state index in [1.54, 1.807) is 30.3 Å². The minimum atomic E-state index is -4.06. The number of carbonyl (C=O) groups excluding carboxylic acids is 1. The third-order valence-corrected chi connectivity index (χ3v) is 6.56. The van der Waals surface area contributed by atoms with E-state index in [9.17, 15) is 13.2 Å². The Kier molecular flexibility index (Phi) is 6.94. The summed E-state index contributed by atoms with van der Waals surface area (Å²) in [4.78, 5) is 12.5. The predicted molar refractivity (Wildman–Crippen MR) is 115 cm³/mol. The van der Waals surface area contributed by atoms with Crippen molar-refractivity contribution in [3.8, 4) is 11.5 Å². The molecular weight excluding hydrogens is 406 g/mol. The minimum absolute atomic E-state index is 0.0149. The number of hydrogen-bond donors (Lipinski definition) is 1. The summed E-state index contributed by atoms with van der Waals surface area (Å²) in [5, 5.41) is 4.13. The van der Waals surface area contributed by atoms with Crippen molar-refractivity contribution >= 4 is 27.3 Å². The van der Waals surface area contributed by atoms with E-state index in [2.05, 4.69) is 10.5 Å². The average molecular weight is 432 g/mol. The molecule has 9 heteroatoms. The summed E-state index contributed by atoms with van der Waals surface area (Å²) >= 11 is 0. The van der Waals surface area contributed by atoms with Gasteiger partial charge in [0.15, 0.2) is 11.5 Å². The number of nitrogens with one attached hydrogen (secondary N) is 1. The van der Waals surface area contributed by atoms with Gasteiger partial charge in [0.1, 0.15) is 6.54 Å². The lowest BCUT2D eigenvalue weighted by atomic mass is 10.3. The smallest absolute Gasteiger partial charge is 0.264 e. The molecule has 30 heavy (non-hydrogen) atoms. The largest absolute Gasteiger partial charge is 0.493 e. The van der Waals surface area contributed by atoms with Crippen molar-refractivity contribution in [3.05, 3.63) is 48.5 Å². The maximum Gasteiger partial charge on any atom is 0.264 e. The Morgan fingerprint density at radius 1 is 1.03 bits per heavy atom. The zero-order valence-electron chi connectivity index (χ0n) is 17.0. The maximum absolute atomic E-state index is 13.4. The summed E-state index contributed by atoms with van der Waals surface area (Å²) in [5.41, 5.74) is 3.79. The molecule has 0 aliphatic heterocycles. The van der Waals surface area contributed by atoms with Gasteiger partial charge < -0.3 is 9.47 Å². The summed E-state index contributed by atoms with van der Waals surface area (Å²) < 4.78 is 38.3. The second kappa shape index (κ2) is 9.62.